The van der Waals surface area contributed by atoms with Gasteiger partial charge in [0, 0.05) is 18.4 Å². The number of benzene rings is 1. The highest BCUT2D eigenvalue weighted by atomic mass is 35.5. The second kappa shape index (κ2) is 9.84. The third kappa shape index (κ3) is 5.09. The molecule has 32 heavy (non-hydrogen) atoms. The Morgan fingerprint density at radius 2 is 2.09 bits per heavy atom. The number of carbonyl (C=O) groups is 3. The van der Waals surface area contributed by atoms with Crippen LogP contribution in [0, 0.1) is 0 Å². The monoisotopic (exact) mass is 462 g/mol. The van der Waals surface area contributed by atoms with Crippen LogP contribution in [0.25, 0.3) is 0 Å². The second-order valence-electron chi connectivity index (χ2n) is 7.13. The summed E-state index contributed by atoms with van der Waals surface area (Å²) < 4.78 is 11.5. The molecule has 0 aliphatic carbocycles. The van der Waals surface area contributed by atoms with Crippen molar-refractivity contribution in [2.75, 3.05) is 17.7 Å². The summed E-state index contributed by atoms with van der Waals surface area (Å²) in [5, 5.41) is 5.42. The third-order valence-electron chi connectivity index (χ3n) is 4.90. The number of cyclic esters (lactones) is 1. The molecule has 0 spiro atoms. The van der Waals surface area contributed by atoms with E-state index in [9.17, 15) is 19.2 Å². The van der Waals surface area contributed by atoms with Gasteiger partial charge >= 0.3 is 5.97 Å². The normalized spacial score (nSPS) is 18.7. The Bertz CT molecular complexity index is 1100. The number of nitrogens with zero attached hydrogens (tertiary/aromatic N) is 1. The molecule has 2 amide bonds. The van der Waals surface area contributed by atoms with Gasteiger partial charge in [-0.15, -0.1) is 0 Å². The first-order chi connectivity index (χ1) is 15.2. The number of carbonyl (C=O) groups excluding carboxylic acids is 3. The molecular weight excluding hydrogens is 440 g/mol. The van der Waals surface area contributed by atoms with E-state index in [2.05, 4.69) is 10.6 Å². The molecule has 1 saturated heterocycles. The van der Waals surface area contributed by atoms with Gasteiger partial charge in [0.05, 0.1) is 17.1 Å². The van der Waals surface area contributed by atoms with Crippen molar-refractivity contribution in [2.24, 2.45) is 0 Å². The Morgan fingerprint density at radius 3 is 2.78 bits per heavy atom. The number of ether oxygens (including phenoxy) is 2. The molecule has 2 heterocycles. The van der Waals surface area contributed by atoms with Gasteiger partial charge in [-0.05, 0) is 44.2 Å². The van der Waals surface area contributed by atoms with Crippen LogP contribution in [0.15, 0.2) is 41.3 Å². The minimum atomic E-state index is -0.928. The van der Waals surface area contributed by atoms with Crippen LogP contribution in [0.2, 0.25) is 5.02 Å². The number of nitrogens with two attached hydrogens (primary N) is 1. The molecule has 3 unspecified atom stereocenters. The predicted molar refractivity (Wildman–Crippen MR) is 117 cm³/mol. The Labute approximate surface area is 188 Å². The van der Waals surface area contributed by atoms with Crippen molar-refractivity contribution < 1.29 is 23.9 Å². The van der Waals surface area contributed by atoms with Gasteiger partial charge in [0.2, 0.25) is 12.2 Å². The quantitative estimate of drug-likeness (QED) is 0.419. The minimum absolute atomic E-state index is 0.0170. The molecule has 3 rings (SSSR count). The summed E-state index contributed by atoms with van der Waals surface area (Å²) in [6, 6.07) is 5.73. The van der Waals surface area contributed by atoms with E-state index >= 15 is 0 Å². The number of nitrogens with one attached hydrogen (secondary N) is 2. The predicted octanol–water partition coefficient (Wildman–Crippen LogP) is 1.69. The highest BCUT2D eigenvalue weighted by Gasteiger charge is 2.37. The molecule has 3 atom stereocenters. The fourth-order valence-electron chi connectivity index (χ4n) is 3.17. The van der Waals surface area contributed by atoms with E-state index in [1.807, 2.05) is 0 Å². The van der Waals surface area contributed by atoms with Crippen molar-refractivity contribution in [1.82, 2.24) is 9.88 Å². The fourth-order valence-corrected chi connectivity index (χ4v) is 3.35. The number of rotatable bonds is 7. The topological polar surface area (TPSA) is 142 Å². The number of halogens is 1. The van der Waals surface area contributed by atoms with Crippen molar-refractivity contribution in [3.05, 3.63) is 57.5 Å². The lowest BCUT2D eigenvalue weighted by molar-refractivity contribution is -0.164. The van der Waals surface area contributed by atoms with Crippen LogP contribution in [0.3, 0.4) is 0 Å². The van der Waals surface area contributed by atoms with Crippen LogP contribution < -0.4 is 21.9 Å². The number of amides is 2. The molecule has 10 nitrogen and oxygen atoms in total. The van der Waals surface area contributed by atoms with Crippen molar-refractivity contribution in [2.45, 2.75) is 38.6 Å². The SMILES string of the molecule is CCOC1OC(=O)CC1NC(=O)C(C)n1cccc(NC(=O)c2ccc(N)c(Cl)c2)c1=O. The highest BCUT2D eigenvalue weighted by molar-refractivity contribution is 6.33. The van der Waals surface area contributed by atoms with Crippen LogP contribution in [-0.4, -0.2) is 41.3 Å². The molecule has 11 heteroatoms. The first kappa shape index (κ1) is 23.3. The van der Waals surface area contributed by atoms with Crippen LogP contribution >= 0.6 is 11.6 Å². The second-order valence-corrected chi connectivity index (χ2v) is 7.54. The molecule has 1 aromatic carbocycles. The summed E-state index contributed by atoms with van der Waals surface area (Å²) in [4.78, 5) is 49.7. The lowest BCUT2D eigenvalue weighted by Gasteiger charge is -2.21. The lowest BCUT2D eigenvalue weighted by atomic mass is 10.2. The number of anilines is 2. The zero-order chi connectivity index (χ0) is 23.4. The first-order valence-electron chi connectivity index (χ1n) is 9.90. The summed E-state index contributed by atoms with van der Waals surface area (Å²) in [7, 11) is 0. The Hall–Kier alpha value is -3.37. The number of pyridine rings is 1. The summed E-state index contributed by atoms with van der Waals surface area (Å²) in [6.07, 6.45) is 0.523. The molecule has 4 N–H and O–H groups in total. The van der Waals surface area contributed by atoms with E-state index in [-0.39, 0.29) is 22.7 Å². The molecule has 1 aliphatic rings. The smallest absolute Gasteiger partial charge is 0.310 e. The molecule has 2 aromatic rings. The number of hydrogen-bond acceptors (Lipinski definition) is 7. The van der Waals surface area contributed by atoms with Crippen molar-refractivity contribution in [3.63, 3.8) is 0 Å². The Morgan fingerprint density at radius 1 is 1.34 bits per heavy atom. The number of nitrogen functional groups attached to an aromatic ring is 1. The van der Waals surface area contributed by atoms with Crippen LogP contribution in [-0.2, 0) is 19.1 Å². The van der Waals surface area contributed by atoms with Crippen molar-refractivity contribution in [1.29, 1.82) is 0 Å². The van der Waals surface area contributed by atoms with Gasteiger partial charge in [0.1, 0.15) is 17.8 Å². The fraction of sp³-hybridized carbons (Fsp3) is 0.333. The van der Waals surface area contributed by atoms with E-state index in [0.717, 1.165) is 0 Å². The Kier molecular flexibility index (Phi) is 7.16. The van der Waals surface area contributed by atoms with Gasteiger partial charge in [-0.3, -0.25) is 19.2 Å². The van der Waals surface area contributed by atoms with E-state index in [4.69, 9.17) is 26.8 Å². The van der Waals surface area contributed by atoms with Gasteiger partial charge < -0.3 is 30.4 Å². The third-order valence-corrected chi connectivity index (χ3v) is 5.23. The molecule has 170 valence electrons. The van der Waals surface area contributed by atoms with Crippen LogP contribution in [0.4, 0.5) is 11.4 Å². The van der Waals surface area contributed by atoms with Gasteiger partial charge in [0.25, 0.3) is 11.5 Å². The highest BCUT2D eigenvalue weighted by Crippen LogP contribution is 2.20. The van der Waals surface area contributed by atoms with E-state index in [1.165, 1.54) is 48.0 Å². The summed E-state index contributed by atoms with van der Waals surface area (Å²) in [5.41, 5.74) is 5.60. The number of aromatic nitrogens is 1. The molecule has 0 saturated carbocycles. The molecule has 0 bridgehead atoms. The summed E-state index contributed by atoms with van der Waals surface area (Å²) in [6.45, 7) is 3.57. The first-order valence-corrected chi connectivity index (χ1v) is 10.3. The maximum atomic E-state index is 12.9. The molecule has 1 aromatic heterocycles. The van der Waals surface area contributed by atoms with Crippen LogP contribution in [0.1, 0.15) is 36.7 Å². The summed E-state index contributed by atoms with van der Waals surface area (Å²) >= 11 is 5.95. The standard InChI is InChI=1S/C21H23ClN4O6/c1-3-31-21-16(10-17(27)32-21)25-18(28)11(2)26-8-4-5-15(20(26)30)24-19(29)12-6-7-14(23)13(22)9-12/h4-9,11,16,21H,3,10,23H2,1-2H3,(H,24,29)(H,25,28). The molecule has 1 aliphatic heterocycles. The largest absolute Gasteiger partial charge is 0.433 e. The summed E-state index contributed by atoms with van der Waals surface area (Å²) in [5.74, 6) is -1.54. The number of hydrogen-bond donors (Lipinski definition) is 3. The Balaban J connectivity index is 1.74. The van der Waals surface area contributed by atoms with Gasteiger partial charge in [0.15, 0.2) is 0 Å². The van der Waals surface area contributed by atoms with Gasteiger partial charge in [-0.1, -0.05) is 11.6 Å². The molecular formula is C21H23ClN4O6. The van der Waals surface area contributed by atoms with Crippen molar-refractivity contribution >= 4 is 40.8 Å². The minimum Gasteiger partial charge on any atom is -0.433 e. The van der Waals surface area contributed by atoms with E-state index < -0.39 is 41.7 Å². The maximum Gasteiger partial charge on any atom is 0.310 e. The van der Waals surface area contributed by atoms with E-state index in [1.54, 1.807) is 6.92 Å². The zero-order valence-corrected chi connectivity index (χ0v) is 18.2. The van der Waals surface area contributed by atoms with Crippen molar-refractivity contribution in [3.8, 4) is 0 Å². The maximum absolute atomic E-state index is 12.9. The van der Waals surface area contributed by atoms with Crippen LogP contribution in [0.5, 0.6) is 0 Å². The van der Waals surface area contributed by atoms with E-state index in [0.29, 0.717) is 12.3 Å². The average Bonchev–Trinajstić information content (AvgIpc) is 3.09. The van der Waals surface area contributed by atoms with Gasteiger partial charge in [-0.2, -0.15) is 0 Å². The molecule has 1 fully saturated rings. The number of esters is 1. The van der Waals surface area contributed by atoms with Gasteiger partial charge in [-0.25, -0.2) is 0 Å². The lowest BCUT2D eigenvalue weighted by Crippen LogP contribution is -2.45. The average molecular weight is 463 g/mol. The zero-order valence-electron chi connectivity index (χ0n) is 17.5. The molecule has 0 radical (unpaired) electrons.